The van der Waals surface area contributed by atoms with Crippen LogP contribution in [0.2, 0.25) is 0 Å². The zero-order chi connectivity index (χ0) is 16.6. The minimum absolute atomic E-state index is 0. The number of halogens is 1. The van der Waals surface area contributed by atoms with Crippen LogP contribution in [0.5, 0.6) is 11.5 Å². The van der Waals surface area contributed by atoms with Crippen LogP contribution in [0.15, 0.2) is 29.1 Å². The Labute approximate surface area is 146 Å². The van der Waals surface area contributed by atoms with Crippen molar-refractivity contribution in [2.75, 3.05) is 14.1 Å². The Morgan fingerprint density at radius 2 is 1.83 bits per heavy atom. The number of aryl methyl sites for hydroxylation is 1. The third kappa shape index (κ3) is 3.20. The van der Waals surface area contributed by atoms with E-state index in [9.17, 15) is 4.79 Å². The molecule has 7 heteroatoms. The first kappa shape index (κ1) is 18.2. The molecule has 1 unspecified atom stereocenters. The average molecular weight is 354 g/mol. The van der Waals surface area contributed by atoms with Gasteiger partial charge in [-0.15, -0.1) is 12.4 Å². The molecule has 2 aromatic rings. The van der Waals surface area contributed by atoms with Gasteiger partial charge in [0.25, 0.3) is 0 Å². The molecule has 6 nitrogen and oxygen atoms in total. The number of benzene rings is 1. The van der Waals surface area contributed by atoms with Crippen molar-refractivity contribution >= 4 is 29.3 Å². The molecule has 130 valence electrons. The first-order valence-electron chi connectivity index (χ1n) is 7.44. The number of carbonyl (C=O) groups excluding carboxylic acids is 1. The molecule has 0 spiro atoms. The summed E-state index contributed by atoms with van der Waals surface area (Å²) < 4.78 is 22.0. The highest BCUT2D eigenvalue weighted by atomic mass is 35.5. The van der Waals surface area contributed by atoms with Gasteiger partial charge in [-0.05, 0) is 33.5 Å². The first-order valence-corrected chi connectivity index (χ1v) is 7.44. The van der Waals surface area contributed by atoms with E-state index in [0.29, 0.717) is 23.5 Å². The van der Waals surface area contributed by atoms with Crippen molar-refractivity contribution in [3.05, 3.63) is 36.0 Å². The van der Waals surface area contributed by atoms with Gasteiger partial charge in [0.15, 0.2) is 17.7 Å². The molecule has 1 aliphatic heterocycles. The minimum Gasteiger partial charge on any atom is -0.458 e. The monoisotopic (exact) mass is 353 g/mol. The van der Waals surface area contributed by atoms with Crippen molar-refractivity contribution in [3.63, 3.8) is 0 Å². The molecule has 0 amide bonds. The Morgan fingerprint density at radius 3 is 2.42 bits per heavy atom. The topological polar surface area (TPSA) is 61.1 Å². The second-order valence-corrected chi connectivity index (χ2v) is 5.59. The van der Waals surface area contributed by atoms with Crippen molar-refractivity contribution in [3.8, 4) is 11.5 Å². The molecule has 0 radical (unpaired) electrons. The fourth-order valence-corrected chi connectivity index (χ4v) is 2.54. The van der Waals surface area contributed by atoms with Gasteiger partial charge >= 0.3 is 5.97 Å². The Morgan fingerprint density at radius 1 is 1.21 bits per heavy atom. The maximum Gasteiger partial charge on any atom is 0.376 e. The van der Waals surface area contributed by atoms with Crippen LogP contribution in [0.3, 0.4) is 0 Å². The van der Waals surface area contributed by atoms with E-state index >= 15 is 0 Å². The molecular formula is C17H20ClNO5. The van der Waals surface area contributed by atoms with Gasteiger partial charge < -0.3 is 18.6 Å². The number of fused-ring (bicyclic) bond motifs is 2. The van der Waals surface area contributed by atoms with Gasteiger partial charge in [-0.1, -0.05) is 6.92 Å². The Kier molecular flexibility index (Phi) is 5.41. The van der Waals surface area contributed by atoms with Crippen LogP contribution in [0.1, 0.15) is 29.5 Å². The van der Waals surface area contributed by atoms with Gasteiger partial charge in [-0.3, -0.25) is 4.90 Å². The average Bonchev–Trinajstić information content (AvgIpc) is 2.86. The van der Waals surface area contributed by atoms with Crippen molar-refractivity contribution in [2.45, 2.75) is 26.5 Å². The molecule has 1 aromatic carbocycles. The Hall–Kier alpha value is -2.18. The van der Waals surface area contributed by atoms with E-state index in [-0.39, 0.29) is 24.4 Å². The van der Waals surface area contributed by atoms with Gasteiger partial charge in [-0.25, -0.2) is 4.79 Å². The number of hydrogen-bond acceptors (Lipinski definition) is 6. The third-order valence-electron chi connectivity index (χ3n) is 3.80. The van der Waals surface area contributed by atoms with Crippen molar-refractivity contribution < 1.29 is 23.4 Å². The van der Waals surface area contributed by atoms with Gasteiger partial charge in [-0.2, -0.15) is 0 Å². The summed E-state index contributed by atoms with van der Waals surface area (Å²) in [6.07, 6.45) is 3.31. The van der Waals surface area contributed by atoms with Crippen molar-refractivity contribution in [1.82, 2.24) is 4.90 Å². The van der Waals surface area contributed by atoms with E-state index in [4.69, 9.17) is 18.6 Å². The van der Waals surface area contributed by atoms with Gasteiger partial charge in [0, 0.05) is 17.0 Å². The fourth-order valence-electron chi connectivity index (χ4n) is 2.54. The molecule has 0 fully saturated rings. The lowest BCUT2D eigenvalue weighted by Crippen LogP contribution is -2.32. The number of carbonyl (C=O) groups is 1. The lowest BCUT2D eigenvalue weighted by molar-refractivity contribution is -0.0182. The normalized spacial score (nSPS) is 13.7. The highest BCUT2D eigenvalue weighted by Gasteiger charge is 2.24. The summed E-state index contributed by atoms with van der Waals surface area (Å²) in [5, 5.41) is 0.799. The molecule has 24 heavy (non-hydrogen) atoms. The van der Waals surface area contributed by atoms with Crippen LogP contribution in [0.25, 0.3) is 11.0 Å². The van der Waals surface area contributed by atoms with Crippen molar-refractivity contribution in [1.29, 1.82) is 0 Å². The Bertz CT molecular complexity index is 781. The molecule has 0 saturated carbocycles. The van der Waals surface area contributed by atoms with Crippen LogP contribution >= 0.6 is 12.4 Å². The van der Waals surface area contributed by atoms with E-state index in [1.54, 1.807) is 12.1 Å². The number of esters is 1. The molecule has 0 aliphatic carbocycles. The zero-order valence-corrected chi connectivity index (χ0v) is 14.8. The molecule has 0 N–H and O–H groups in total. The summed E-state index contributed by atoms with van der Waals surface area (Å²) in [6, 6.07) is 3.51. The van der Waals surface area contributed by atoms with E-state index in [2.05, 4.69) is 0 Å². The van der Waals surface area contributed by atoms with E-state index < -0.39 is 5.97 Å². The number of rotatable bonds is 4. The Balaban J connectivity index is 0.00000208. The molecular weight excluding hydrogens is 334 g/mol. The molecule has 1 aromatic heterocycles. The minimum atomic E-state index is -0.475. The summed E-state index contributed by atoms with van der Waals surface area (Å²) in [7, 11) is 3.73. The predicted molar refractivity (Wildman–Crippen MR) is 91.8 cm³/mol. The molecule has 3 rings (SSSR count). The van der Waals surface area contributed by atoms with E-state index in [1.165, 1.54) is 12.5 Å². The highest BCUT2D eigenvalue weighted by Crippen LogP contribution is 2.38. The van der Waals surface area contributed by atoms with Crippen LogP contribution < -0.4 is 9.47 Å². The zero-order valence-electron chi connectivity index (χ0n) is 14.0. The fraction of sp³-hybridized carbons (Fsp3) is 0.353. The van der Waals surface area contributed by atoms with Crippen LogP contribution in [0.4, 0.5) is 0 Å². The second kappa shape index (κ2) is 7.15. The molecule has 0 saturated heterocycles. The number of nitrogens with zero attached hydrogens (tertiary/aromatic N) is 1. The second-order valence-electron chi connectivity index (χ2n) is 5.59. The molecule has 0 bridgehead atoms. The van der Waals surface area contributed by atoms with Crippen LogP contribution in [-0.2, 0) is 4.74 Å². The SMILES string of the molecule is CCC(OC(=O)c1oc2cc3c(cc2c1C)OC=CO3)N(C)C.Cl. The predicted octanol–water partition coefficient (Wildman–Crippen LogP) is 3.86. The number of furan rings is 1. The van der Waals surface area contributed by atoms with Crippen LogP contribution in [-0.4, -0.2) is 31.2 Å². The quantitative estimate of drug-likeness (QED) is 0.614. The maximum atomic E-state index is 12.4. The maximum absolute atomic E-state index is 12.4. The van der Waals surface area contributed by atoms with E-state index in [1.807, 2.05) is 32.8 Å². The molecule has 1 aliphatic rings. The standard InChI is InChI=1S/C17H19NO5.ClH/c1-5-15(18(3)4)23-17(19)16-10(2)11-8-13-14(9-12(11)22-16)21-7-6-20-13;/h6-9,15H,5H2,1-4H3;1H. The molecule has 2 heterocycles. The summed E-state index contributed by atoms with van der Waals surface area (Å²) in [6.45, 7) is 3.78. The lowest BCUT2D eigenvalue weighted by atomic mass is 10.1. The summed E-state index contributed by atoms with van der Waals surface area (Å²) in [4.78, 5) is 14.3. The summed E-state index contributed by atoms with van der Waals surface area (Å²) >= 11 is 0. The number of hydrogen-bond donors (Lipinski definition) is 0. The smallest absolute Gasteiger partial charge is 0.376 e. The van der Waals surface area contributed by atoms with Crippen LogP contribution in [0, 0.1) is 6.92 Å². The summed E-state index contributed by atoms with van der Waals surface area (Å²) in [5.41, 5.74) is 1.28. The summed E-state index contributed by atoms with van der Waals surface area (Å²) in [5.74, 6) is 0.865. The third-order valence-corrected chi connectivity index (χ3v) is 3.80. The highest BCUT2D eigenvalue weighted by molar-refractivity contribution is 5.97. The molecule has 1 atom stereocenters. The largest absolute Gasteiger partial charge is 0.458 e. The van der Waals surface area contributed by atoms with Gasteiger partial charge in [0.1, 0.15) is 18.1 Å². The number of ether oxygens (including phenoxy) is 3. The van der Waals surface area contributed by atoms with Gasteiger partial charge in [0.05, 0.1) is 0 Å². The first-order chi connectivity index (χ1) is 11.0. The lowest BCUT2D eigenvalue weighted by Gasteiger charge is -2.22. The van der Waals surface area contributed by atoms with Gasteiger partial charge in [0.2, 0.25) is 5.76 Å². The van der Waals surface area contributed by atoms with E-state index in [0.717, 1.165) is 10.9 Å². The van der Waals surface area contributed by atoms with Crippen molar-refractivity contribution in [2.24, 2.45) is 0 Å².